The molecule has 1 atom stereocenters. The molecule has 8 nitrogen and oxygen atoms in total. The van der Waals surface area contributed by atoms with Crippen LogP contribution in [0.15, 0.2) is 23.7 Å². The lowest BCUT2D eigenvalue weighted by molar-refractivity contribution is -0.142. The number of carbonyl (C=O) groups excluding carboxylic acids is 1. The minimum Gasteiger partial charge on any atom is -0.481 e. The quantitative estimate of drug-likeness (QED) is 0.348. The Morgan fingerprint density at radius 1 is 1.19 bits per heavy atom. The highest BCUT2D eigenvalue weighted by atomic mass is 35.5. The van der Waals surface area contributed by atoms with E-state index in [-0.39, 0.29) is 11.8 Å². The fourth-order valence-corrected chi connectivity index (χ4v) is 7.29. The van der Waals surface area contributed by atoms with Gasteiger partial charge in [-0.3, -0.25) is 19.8 Å². The maximum absolute atomic E-state index is 13.1. The van der Waals surface area contributed by atoms with Crippen molar-refractivity contribution in [2.45, 2.75) is 45.2 Å². The first-order valence-electron chi connectivity index (χ1n) is 12.2. The number of hydrogen-bond donors (Lipinski definition) is 2. The van der Waals surface area contributed by atoms with Gasteiger partial charge in [0.25, 0.3) is 5.91 Å². The zero-order valence-corrected chi connectivity index (χ0v) is 23.4. The topological polar surface area (TPSA) is 98.7 Å². The number of thiophene rings is 1. The predicted molar refractivity (Wildman–Crippen MR) is 149 cm³/mol. The van der Waals surface area contributed by atoms with Crippen molar-refractivity contribution in [3.8, 4) is 10.6 Å². The summed E-state index contributed by atoms with van der Waals surface area (Å²) in [5, 5.41) is 15.6. The third kappa shape index (κ3) is 5.93. The van der Waals surface area contributed by atoms with Crippen LogP contribution in [0, 0.1) is 5.92 Å². The van der Waals surface area contributed by atoms with Gasteiger partial charge in [-0.1, -0.05) is 34.5 Å². The molecule has 3 aromatic rings. The van der Waals surface area contributed by atoms with Gasteiger partial charge in [0.2, 0.25) is 0 Å². The van der Waals surface area contributed by atoms with Gasteiger partial charge in [-0.2, -0.15) is 0 Å². The van der Waals surface area contributed by atoms with E-state index in [4.69, 9.17) is 28.2 Å². The summed E-state index contributed by atoms with van der Waals surface area (Å²) in [6.45, 7) is 5.19. The molecule has 37 heavy (non-hydrogen) atoms. The lowest BCUT2D eigenvalue weighted by Crippen LogP contribution is -2.37. The van der Waals surface area contributed by atoms with Crippen LogP contribution in [-0.4, -0.2) is 57.5 Å². The van der Waals surface area contributed by atoms with Gasteiger partial charge >= 0.3 is 5.97 Å². The Kier molecular flexibility index (Phi) is 8.02. The fourth-order valence-electron chi connectivity index (χ4n) is 4.85. The molecule has 2 aliphatic heterocycles. The second kappa shape index (κ2) is 11.2. The average molecular weight is 581 g/mol. The van der Waals surface area contributed by atoms with Crippen molar-refractivity contribution in [2.24, 2.45) is 5.92 Å². The van der Waals surface area contributed by atoms with Gasteiger partial charge in [-0.25, -0.2) is 9.97 Å². The maximum Gasteiger partial charge on any atom is 0.306 e. The van der Waals surface area contributed by atoms with Crippen molar-refractivity contribution in [1.82, 2.24) is 14.9 Å². The molecule has 0 radical (unpaired) electrons. The Balaban J connectivity index is 1.32. The number of hydrogen-bond acceptors (Lipinski definition) is 8. The molecule has 196 valence electrons. The summed E-state index contributed by atoms with van der Waals surface area (Å²) < 4.78 is 0. The Bertz CT molecular complexity index is 1310. The smallest absolute Gasteiger partial charge is 0.306 e. The predicted octanol–water partition coefficient (Wildman–Crippen LogP) is 6.11. The van der Waals surface area contributed by atoms with Crippen molar-refractivity contribution in [3.05, 3.63) is 44.2 Å². The van der Waals surface area contributed by atoms with Crippen LogP contribution in [0.2, 0.25) is 10.0 Å². The van der Waals surface area contributed by atoms with Crippen LogP contribution in [0.5, 0.6) is 0 Å². The summed E-state index contributed by atoms with van der Waals surface area (Å²) in [7, 11) is 0. The Hall–Kier alpha value is -2.24. The van der Waals surface area contributed by atoms with Crippen LogP contribution in [0.3, 0.4) is 0 Å². The minimum atomic E-state index is -0.767. The number of likely N-dealkylation sites (tertiary alicyclic amines) is 1. The lowest BCUT2D eigenvalue weighted by atomic mass is 9.97. The summed E-state index contributed by atoms with van der Waals surface area (Å²) >= 11 is 15.7. The summed E-state index contributed by atoms with van der Waals surface area (Å²) in [5.74, 6) is -0.880. The van der Waals surface area contributed by atoms with E-state index >= 15 is 0 Å². The monoisotopic (exact) mass is 579 g/mol. The molecule has 1 amide bonds. The molecular formula is C25H27Cl2N5O3S2. The van der Waals surface area contributed by atoms with E-state index in [0.29, 0.717) is 58.5 Å². The standard InChI is InChI=1S/C25H27Cl2N5O3S2/c1-14-3-2-6-32(14)12-20-21(19-10-17(26)13-36-19)29-25(37-20)30-23(33)16-9-18(27)22(28-11-16)31-7-4-15(5-8-31)24(34)35/h9-11,13-15H,2-8,12H2,1H3,(H,34,35)(H,29,30,33). The third-order valence-corrected chi connectivity index (χ3v) is 9.50. The van der Waals surface area contributed by atoms with Crippen molar-refractivity contribution in [3.63, 3.8) is 0 Å². The van der Waals surface area contributed by atoms with Gasteiger partial charge in [0.1, 0.15) is 5.82 Å². The van der Waals surface area contributed by atoms with Crippen LogP contribution in [0.4, 0.5) is 10.9 Å². The molecule has 12 heteroatoms. The number of carboxylic acids is 1. The molecule has 0 aliphatic carbocycles. The number of nitrogens with one attached hydrogen (secondary N) is 1. The molecular weight excluding hydrogens is 553 g/mol. The van der Waals surface area contributed by atoms with Crippen molar-refractivity contribution in [2.75, 3.05) is 29.9 Å². The molecule has 0 aromatic carbocycles. The first-order chi connectivity index (χ1) is 17.8. The lowest BCUT2D eigenvalue weighted by Gasteiger charge is -2.31. The van der Waals surface area contributed by atoms with E-state index in [9.17, 15) is 14.7 Å². The van der Waals surface area contributed by atoms with E-state index in [1.165, 1.54) is 41.7 Å². The number of amides is 1. The van der Waals surface area contributed by atoms with Gasteiger partial charge in [-0.15, -0.1) is 11.3 Å². The van der Waals surface area contributed by atoms with Crippen LogP contribution < -0.4 is 10.2 Å². The highest BCUT2D eigenvalue weighted by Gasteiger charge is 2.27. The second-order valence-corrected chi connectivity index (χ2v) is 12.3. The van der Waals surface area contributed by atoms with Crippen LogP contribution in [0.1, 0.15) is 47.8 Å². The fraction of sp³-hybridized carbons (Fsp3) is 0.440. The summed E-state index contributed by atoms with van der Waals surface area (Å²) in [5.41, 5.74) is 1.19. The number of carboxylic acid groups (broad SMARTS) is 1. The molecule has 5 rings (SSSR count). The Labute approximate surface area is 233 Å². The maximum atomic E-state index is 13.1. The molecule has 2 N–H and O–H groups in total. The number of piperidine rings is 1. The normalized spacial score (nSPS) is 18.9. The Morgan fingerprint density at radius 3 is 2.59 bits per heavy atom. The molecule has 2 fully saturated rings. The largest absolute Gasteiger partial charge is 0.481 e. The van der Waals surface area contributed by atoms with Crippen molar-refractivity contribution >= 4 is 68.7 Å². The minimum absolute atomic E-state index is 0.333. The van der Waals surface area contributed by atoms with Gasteiger partial charge in [0.05, 0.1) is 32.1 Å². The molecule has 5 heterocycles. The van der Waals surface area contributed by atoms with Crippen molar-refractivity contribution < 1.29 is 14.7 Å². The van der Waals surface area contributed by atoms with E-state index in [1.54, 1.807) is 6.07 Å². The summed E-state index contributed by atoms with van der Waals surface area (Å²) in [6.07, 6.45) is 4.95. The van der Waals surface area contributed by atoms with E-state index in [0.717, 1.165) is 28.5 Å². The number of rotatable bonds is 7. The van der Waals surface area contributed by atoms with Crippen LogP contribution >= 0.6 is 45.9 Å². The van der Waals surface area contributed by atoms with Gasteiger partial charge < -0.3 is 10.0 Å². The number of pyridine rings is 1. The number of carbonyl (C=O) groups is 2. The van der Waals surface area contributed by atoms with E-state index in [1.807, 2.05) is 16.3 Å². The highest BCUT2D eigenvalue weighted by Crippen LogP contribution is 2.38. The average Bonchev–Trinajstić information content (AvgIpc) is 3.59. The van der Waals surface area contributed by atoms with Gasteiger partial charge in [0.15, 0.2) is 5.13 Å². The van der Waals surface area contributed by atoms with Gasteiger partial charge in [-0.05, 0) is 51.3 Å². The highest BCUT2D eigenvalue weighted by molar-refractivity contribution is 7.17. The third-order valence-electron chi connectivity index (χ3n) is 6.98. The van der Waals surface area contributed by atoms with Crippen LogP contribution in [0.25, 0.3) is 10.6 Å². The SMILES string of the molecule is CC1CCCN1Cc1sc(NC(=O)c2cnc(N3CCC(C(=O)O)CC3)c(Cl)c2)nc1-c1cc(Cl)cs1. The molecule has 2 aliphatic rings. The summed E-state index contributed by atoms with van der Waals surface area (Å²) in [6, 6.07) is 4.02. The zero-order valence-electron chi connectivity index (χ0n) is 20.2. The zero-order chi connectivity index (χ0) is 26.1. The van der Waals surface area contributed by atoms with Gasteiger partial charge in [0, 0.05) is 42.1 Å². The number of halogens is 2. The Morgan fingerprint density at radius 2 is 1.97 bits per heavy atom. The molecule has 0 saturated carbocycles. The number of aromatic nitrogens is 2. The number of nitrogens with zero attached hydrogens (tertiary/aromatic N) is 4. The number of thiazole rings is 1. The van der Waals surface area contributed by atoms with E-state index in [2.05, 4.69) is 22.1 Å². The van der Waals surface area contributed by atoms with E-state index < -0.39 is 5.97 Å². The first kappa shape index (κ1) is 26.4. The molecule has 0 spiro atoms. The molecule has 0 bridgehead atoms. The van der Waals surface area contributed by atoms with Crippen molar-refractivity contribution in [1.29, 1.82) is 0 Å². The number of aliphatic carboxylic acids is 1. The molecule has 1 unspecified atom stereocenters. The van der Waals surface area contributed by atoms with Crippen LogP contribution in [-0.2, 0) is 11.3 Å². The molecule has 2 saturated heterocycles. The molecule has 3 aromatic heterocycles. The first-order valence-corrected chi connectivity index (χ1v) is 14.7. The summed E-state index contributed by atoms with van der Waals surface area (Å²) in [4.78, 5) is 40.0. The second-order valence-electron chi connectivity index (χ2n) is 9.46. The number of anilines is 2.